The van der Waals surface area contributed by atoms with Gasteiger partial charge in [-0.3, -0.25) is 9.59 Å². The minimum atomic E-state index is -0.486. The van der Waals surface area contributed by atoms with Gasteiger partial charge in [-0.05, 0) is 97.9 Å². The van der Waals surface area contributed by atoms with Crippen molar-refractivity contribution in [2.24, 2.45) is 44.8 Å². The fraction of sp³-hybridized carbons (Fsp3) is 0.781. The first-order chi connectivity index (χ1) is 17.2. The summed E-state index contributed by atoms with van der Waals surface area (Å²) in [6.07, 6.45) is 11.9. The van der Waals surface area contributed by atoms with Gasteiger partial charge in [0, 0.05) is 16.9 Å². The Bertz CT molecular complexity index is 1210. The van der Waals surface area contributed by atoms with Crippen molar-refractivity contribution in [3.63, 3.8) is 0 Å². The molecule has 3 fully saturated rings. The number of carbonyl (C=O) groups excluding carboxylic acids is 2. The van der Waals surface area contributed by atoms with Crippen molar-refractivity contribution in [1.29, 1.82) is 0 Å². The minimum Gasteiger partial charge on any atom is -0.469 e. The Hall–Kier alpha value is -1.91. The van der Waals surface area contributed by atoms with Crippen molar-refractivity contribution in [3.05, 3.63) is 29.2 Å². The number of carbonyl (C=O) groups is 2. The quantitative estimate of drug-likeness (QED) is 0.389. The van der Waals surface area contributed by atoms with E-state index in [0.717, 1.165) is 57.1 Å². The van der Waals surface area contributed by atoms with Crippen molar-refractivity contribution in [2.75, 3.05) is 7.11 Å². The van der Waals surface area contributed by atoms with Crippen molar-refractivity contribution in [3.8, 4) is 0 Å². The standard InChI is InChI=1S/C32H45NO4/c1-27(2)23-9-10-32(7)24(30(23,5)16-19-18-33-37-25(19)27)22(34)15-20-21-17-29(4,26(35)36-8)12-11-28(21,3)13-14-31(20,32)6/h15,18,21,23-24H,9-14,16-17H2,1-8H3/t21-,23-,24-,28+,29-,30-,31-,32+/m0/s1. The molecule has 0 aliphatic heterocycles. The summed E-state index contributed by atoms with van der Waals surface area (Å²) >= 11 is 0. The first-order valence-corrected chi connectivity index (χ1v) is 14.4. The van der Waals surface area contributed by atoms with Crippen LogP contribution in [0.1, 0.15) is 105 Å². The number of ketones is 1. The van der Waals surface area contributed by atoms with Crippen molar-refractivity contribution in [1.82, 2.24) is 5.16 Å². The number of allylic oxidation sites excluding steroid dienone is 2. The van der Waals surface area contributed by atoms with Gasteiger partial charge in [-0.1, -0.05) is 52.3 Å². The number of ether oxygens (including phenoxy) is 1. The number of rotatable bonds is 1. The zero-order chi connectivity index (χ0) is 26.8. The lowest BCUT2D eigenvalue weighted by molar-refractivity contribution is -0.175. The second kappa shape index (κ2) is 7.39. The zero-order valence-corrected chi connectivity index (χ0v) is 24.1. The van der Waals surface area contributed by atoms with Crippen LogP contribution in [0.5, 0.6) is 0 Å². The third-order valence-corrected chi connectivity index (χ3v) is 13.2. The van der Waals surface area contributed by atoms with Crippen molar-refractivity contribution < 1.29 is 18.8 Å². The van der Waals surface area contributed by atoms with Crippen LogP contribution in [0.15, 0.2) is 22.4 Å². The number of hydrogen-bond donors (Lipinski definition) is 0. The molecule has 5 heteroatoms. The van der Waals surface area contributed by atoms with E-state index >= 15 is 0 Å². The summed E-state index contributed by atoms with van der Waals surface area (Å²) in [5.74, 6) is 1.80. The fourth-order valence-corrected chi connectivity index (χ4v) is 10.9. The van der Waals surface area contributed by atoms with Crippen LogP contribution < -0.4 is 0 Å². The maximum atomic E-state index is 14.5. The second-order valence-electron chi connectivity index (χ2n) is 15.3. The Morgan fingerprint density at radius 1 is 1.03 bits per heavy atom. The molecular formula is C32H45NO4. The van der Waals surface area contributed by atoms with Gasteiger partial charge in [-0.15, -0.1) is 0 Å². The highest BCUT2D eigenvalue weighted by Gasteiger charge is 2.70. The molecule has 0 unspecified atom stereocenters. The predicted molar refractivity (Wildman–Crippen MR) is 142 cm³/mol. The molecule has 8 atom stereocenters. The smallest absolute Gasteiger partial charge is 0.311 e. The van der Waals surface area contributed by atoms with E-state index in [1.54, 1.807) is 0 Å². The van der Waals surface area contributed by atoms with Crippen LogP contribution in [0.25, 0.3) is 0 Å². The molecule has 0 bridgehead atoms. The highest BCUT2D eigenvalue weighted by atomic mass is 16.5. The highest BCUT2D eigenvalue weighted by molar-refractivity contribution is 5.96. The van der Waals surface area contributed by atoms with E-state index in [9.17, 15) is 9.59 Å². The molecule has 0 N–H and O–H groups in total. The Labute approximate surface area is 222 Å². The highest BCUT2D eigenvalue weighted by Crippen LogP contribution is 2.74. The summed E-state index contributed by atoms with van der Waals surface area (Å²) in [5, 5.41) is 4.19. The monoisotopic (exact) mass is 507 g/mol. The number of aromatic nitrogens is 1. The summed E-state index contributed by atoms with van der Waals surface area (Å²) in [6.45, 7) is 16.4. The summed E-state index contributed by atoms with van der Waals surface area (Å²) < 4.78 is 11.1. The number of fused-ring (bicyclic) bond motifs is 8. The van der Waals surface area contributed by atoms with Gasteiger partial charge in [0.05, 0.1) is 18.7 Å². The third kappa shape index (κ3) is 2.95. The Morgan fingerprint density at radius 3 is 2.43 bits per heavy atom. The molecule has 5 nitrogen and oxygen atoms in total. The molecule has 0 saturated heterocycles. The molecule has 0 amide bonds. The van der Waals surface area contributed by atoms with Gasteiger partial charge in [0.1, 0.15) is 5.76 Å². The van der Waals surface area contributed by atoms with E-state index in [-0.39, 0.29) is 44.9 Å². The number of hydrogen-bond acceptors (Lipinski definition) is 5. The van der Waals surface area contributed by atoms with Crippen LogP contribution in [-0.4, -0.2) is 24.0 Å². The lowest BCUT2D eigenvalue weighted by atomic mass is 9.33. The summed E-state index contributed by atoms with van der Waals surface area (Å²) in [7, 11) is 1.51. The second-order valence-corrected chi connectivity index (χ2v) is 15.3. The molecule has 202 valence electrons. The molecule has 1 aromatic heterocycles. The van der Waals surface area contributed by atoms with Crippen LogP contribution in [-0.2, 0) is 26.2 Å². The van der Waals surface area contributed by atoms with Crippen LogP contribution in [0, 0.1) is 44.8 Å². The lowest BCUT2D eigenvalue weighted by Gasteiger charge is -2.69. The number of methoxy groups -OCH3 is 1. The average molecular weight is 508 g/mol. The Kier molecular flexibility index (Phi) is 5.06. The summed E-state index contributed by atoms with van der Waals surface area (Å²) in [6, 6.07) is 0. The third-order valence-electron chi connectivity index (χ3n) is 13.2. The van der Waals surface area contributed by atoms with Gasteiger partial charge in [0.2, 0.25) is 0 Å². The fourth-order valence-electron chi connectivity index (χ4n) is 10.9. The minimum absolute atomic E-state index is 0.0326. The molecule has 37 heavy (non-hydrogen) atoms. The molecule has 3 saturated carbocycles. The molecular weight excluding hydrogens is 462 g/mol. The predicted octanol–water partition coefficient (Wildman–Crippen LogP) is 6.84. The molecule has 5 aliphatic rings. The SMILES string of the molecule is COC(=O)[C@@]1(C)CC[C@]2(C)CC[C@@]3(C)C(=CC(=O)[C@H]4[C@@]5(C)Cc6cnoc6C(C)(C)[C@@H]5CC[C@]43C)[C@@H]2C1. The Morgan fingerprint density at radius 2 is 1.73 bits per heavy atom. The van der Waals surface area contributed by atoms with Gasteiger partial charge in [0.15, 0.2) is 5.78 Å². The average Bonchev–Trinajstić information content (AvgIpc) is 3.29. The Balaban J connectivity index is 1.47. The van der Waals surface area contributed by atoms with Gasteiger partial charge in [-0.2, -0.15) is 0 Å². The van der Waals surface area contributed by atoms with E-state index in [4.69, 9.17) is 9.26 Å². The molecule has 0 spiro atoms. The van der Waals surface area contributed by atoms with E-state index in [1.807, 2.05) is 6.20 Å². The van der Waals surface area contributed by atoms with E-state index < -0.39 is 5.41 Å². The maximum absolute atomic E-state index is 14.5. The topological polar surface area (TPSA) is 69.4 Å². The van der Waals surface area contributed by atoms with Crippen molar-refractivity contribution >= 4 is 11.8 Å². The van der Waals surface area contributed by atoms with Gasteiger partial charge < -0.3 is 9.26 Å². The van der Waals surface area contributed by atoms with Crippen LogP contribution in [0.2, 0.25) is 0 Å². The summed E-state index contributed by atoms with van der Waals surface area (Å²) in [4.78, 5) is 27.4. The molecule has 5 aliphatic carbocycles. The number of nitrogens with zero attached hydrogens (tertiary/aromatic N) is 1. The molecule has 0 radical (unpaired) electrons. The largest absolute Gasteiger partial charge is 0.469 e. The van der Waals surface area contributed by atoms with Crippen molar-refractivity contribution in [2.45, 2.75) is 105 Å². The maximum Gasteiger partial charge on any atom is 0.311 e. The molecule has 1 heterocycles. The number of esters is 1. The van der Waals surface area contributed by atoms with Gasteiger partial charge in [-0.25, -0.2) is 0 Å². The molecule has 1 aromatic rings. The first-order valence-electron chi connectivity index (χ1n) is 14.4. The van der Waals surface area contributed by atoms with Crippen LogP contribution in [0.4, 0.5) is 0 Å². The molecule has 6 rings (SSSR count). The van der Waals surface area contributed by atoms with E-state index in [0.29, 0.717) is 11.7 Å². The van der Waals surface area contributed by atoms with Crippen LogP contribution in [0.3, 0.4) is 0 Å². The zero-order valence-electron chi connectivity index (χ0n) is 24.1. The van der Waals surface area contributed by atoms with E-state index in [2.05, 4.69) is 59.7 Å². The molecule has 0 aromatic carbocycles. The van der Waals surface area contributed by atoms with Crippen LogP contribution >= 0.6 is 0 Å². The van der Waals surface area contributed by atoms with E-state index in [1.165, 1.54) is 18.2 Å². The first kappa shape index (κ1) is 25.4. The lowest BCUT2D eigenvalue weighted by Crippen LogP contribution is -2.66. The normalized spacial score (nSPS) is 47.9. The van der Waals surface area contributed by atoms with Gasteiger partial charge >= 0.3 is 5.97 Å². The summed E-state index contributed by atoms with van der Waals surface area (Å²) in [5.41, 5.74) is 1.68. The van der Waals surface area contributed by atoms with Gasteiger partial charge in [0.25, 0.3) is 0 Å².